The molecule has 2 unspecified atom stereocenters. The lowest BCUT2D eigenvalue weighted by atomic mass is 9.70. The highest BCUT2D eigenvalue weighted by Crippen LogP contribution is 2.40. The van der Waals surface area contributed by atoms with E-state index >= 15 is 0 Å². The van der Waals surface area contributed by atoms with Gasteiger partial charge in [0, 0.05) is 6.54 Å². The lowest BCUT2D eigenvalue weighted by Crippen LogP contribution is -2.45. The van der Waals surface area contributed by atoms with Gasteiger partial charge >= 0.3 is 0 Å². The maximum atomic E-state index is 14.2. The van der Waals surface area contributed by atoms with E-state index in [1.54, 1.807) is 0 Å². The summed E-state index contributed by atoms with van der Waals surface area (Å²) >= 11 is 0. The minimum atomic E-state index is -0.630. The summed E-state index contributed by atoms with van der Waals surface area (Å²) in [5.74, 6) is 0.264. The van der Waals surface area contributed by atoms with Gasteiger partial charge in [-0.25, -0.2) is 4.39 Å². The second-order valence-corrected chi connectivity index (χ2v) is 6.83. The van der Waals surface area contributed by atoms with Crippen molar-refractivity contribution in [3.8, 4) is 0 Å². The maximum Gasteiger partial charge on any atom is 0.116 e. The first-order valence-corrected chi connectivity index (χ1v) is 7.80. The van der Waals surface area contributed by atoms with E-state index in [0.29, 0.717) is 6.54 Å². The number of alkyl halides is 1. The van der Waals surface area contributed by atoms with E-state index in [1.165, 1.54) is 38.5 Å². The summed E-state index contributed by atoms with van der Waals surface area (Å²) in [5, 5.41) is 0. The monoisotopic (exact) mass is 257 g/mol. The summed E-state index contributed by atoms with van der Waals surface area (Å²) in [6.07, 6.45) is 8.16. The van der Waals surface area contributed by atoms with Crippen LogP contribution in [0.15, 0.2) is 0 Å². The second-order valence-electron chi connectivity index (χ2n) is 6.83. The van der Waals surface area contributed by atoms with Crippen LogP contribution in [0.3, 0.4) is 0 Å². The van der Waals surface area contributed by atoms with Crippen LogP contribution in [-0.2, 0) is 0 Å². The fraction of sp³-hybridized carbons (Fsp3) is 1.00. The Bertz CT molecular complexity index is 227. The first-order chi connectivity index (χ1) is 8.47. The molecular formula is C16H32FN. The smallest absolute Gasteiger partial charge is 0.116 e. The lowest BCUT2D eigenvalue weighted by molar-refractivity contribution is 0.0224. The summed E-state index contributed by atoms with van der Waals surface area (Å²) in [5.41, 5.74) is 0.174. The molecule has 2 atom stereocenters. The third kappa shape index (κ3) is 4.87. The second kappa shape index (κ2) is 7.47. The predicted octanol–water partition coefficient (Wildman–Crippen LogP) is 4.66. The van der Waals surface area contributed by atoms with Crippen molar-refractivity contribution >= 4 is 0 Å². The van der Waals surface area contributed by atoms with Crippen molar-refractivity contribution in [1.29, 1.82) is 0 Å². The Morgan fingerprint density at radius 2 is 1.83 bits per heavy atom. The Labute approximate surface area is 113 Å². The summed E-state index contributed by atoms with van der Waals surface area (Å²) in [6.45, 7) is 8.48. The molecule has 0 N–H and O–H groups in total. The molecule has 108 valence electrons. The molecule has 0 amide bonds. The van der Waals surface area contributed by atoms with Gasteiger partial charge in [0.05, 0.1) is 0 Å². The molecule has 1 heterocycles. The Morgan fingerprint density at radius 3 is 2.44 bits per heavy atom. The molecule has 18 heavy (non-hydrogen) atoms. The van der Waals surface area contributed by atoms with Gasteiger partial charge in [-0.15, -0.1) is 0 Å². The quantitative estimate of drug-likeness (QED) is 0.599. The Balaban J connectivity index is 2.33. The van der Waals surface area contributed by atoms with E-state index in [0.717, 1.165) is 13.0 Å². The molecule has 0 radical (unpaired) electrons. The maximum absolute atomic E-state index is 14.2. The third-order valence-electron chi connectivity index (χ3n) is 4.67. The topological polar surface area (TPSA) is 3.24 Å². The van der Waals surface area contributed by atoms with E-state index < -0.39 is 6.17 Å². The predicted molar refractivity (Wildman–Crippen MR) is 77.7 cm³/mol. The van der Waals surface area contributed by atoms with Crippen LogP contribution >= 0.6 is 0 Å². The first-order valence-electron chi connectivity index (χ1n) is 7.80. The Kier molecular flexibility index (Phi) is 6.62. The van der Waals surface area contributed by atoms with Gasteiger partial charge in [-0.05, 0) is 37.8 Å². The van der Waals surface area contributed by atoms with E-state index in [2.05, 4.69) is 25.7 Å². The Morgan fingerprint density at radius 1 is 1.17 bits per heavy atom. The molecule has 1 nitrogen and oxygen atoms in total. The largest absolute Gasteiger partial charge is 0.303 e. The number of unbranched alkanes of at least 4 members (excludes halogenated alkanes) is 4. The van der Waals surface area contributed by atoms with Crippen LogP contribution in [0.5, 0.6) is 0 Å². The number of hydrogen-bond donors (Lipinski definition) is 0. The normalized spacial score (nSPS) is 26.5. The number of piperidine rings is 1. The summed E-state index contributed by atoms with van der Waals surface area (Å²) in [4.78, 5) is 2.12. The van der Waals surface area contributed by atoms with Crippen LogP contribution in [0.25, 0.3) is 0 Å². The fourth-order valence-electron chi connectivity index (χ4n) is 3.31. The minimum Gasteiger partial charge on any atom is -0.303 e. The van der Waals surface area contributed by atoms with Crippen LogP contribution < -0.4 is 0 Å². The van der Waals surface area contributed by atoms with Crippen LogP contribution in [0.4, 0.5) is 4.39 Å². The van der Waals surface area contributed by atoms with Crippen molar-refractivity contribution in [2.75, 3.05) is 20.1 Å². The molecule has 2 heteroatoms. The third-order valence-corrected chi connectivity index (χ3v) is 4.67. The highest BCUT2D eigenvalue weighted by atomic mass is 19.1. The van der Waals surface area contributed by atoms with Crippen LogP contribution in [0.2, 0.25) is 0 Å². The molecule has 0 aliphatic carbocycles. The molecule has 0 aromatic heterocycles. The lowest BCUT2D eigenvalue weighted by Gasteiger charge is -2.42. The molecule has 0 aromatic rings. The van der Waals surface area contributed by atoms with Crippen molar-refractivity contribution in [2.45, 2.75) is 71.9 Å². The van der Waals surface area contributed by atoms with Crippen LogP contribution in [-0.4, -0.2) is 31.2 Å². The number of nitrogens with zero attached hydrogens (tertiary/aromatic N) is 1. The van der Waals surface area contributed by atoms with Crippen molar-refractivity contribution < 1.29 is 4.39 Å². The van der Waals surface area contributed by atoms with Crippen molar-refractivity contribution in [3.05, 3.63) is 0 Å². The standard InChI is InChI=1S/C16H32FN/c1-5-6-7-8-9-11-16(2,3)14-10-12-18(4)13-15(14)17/h14-15H,5-13H2,1-4H3. The fourth-order valence-corrected chi connectivity index (χ4v) is 3.31. The zero-order valence-corrected chi connectivity index (χ0v) is 12.8. The van der Waals surface area contributed by atoms with Gasteiger partial charge in [0.2, 0.25) is 0 Å². The van der Waals surface area contributed by atoms with Crippen LogP contribution in [0.1, 0.15) is 65.7 Å². The van der Waals surface area contributed by atoms with E-state index in [1.807, 2.05) is 7.05 Å². The van der Waals surface area contributed by atoms with Gasteiger partial charge in [-0.2, -0.15) is 0 Å². The highest BCUT2D eigenvalue weighted by Gasteiger charge is 2.38. The van der Waals surface area contributed by atoms with E-state index in [4.69, 9.17) is 0 Å². The average molecular weight is 257 g/mol. The first kappa shape index (κ1) is 15.9. The van der Waals surface area contributed by atoms with E-state index in [-0.39, 0.29) is 11.3 Å². The van der Waals surface area contributed by atoms with Gasteiger partial charge in [0.1, 0.15) is 6.17 Å². The average Bonchev–Trinajstić information content (AvgIpc) is 2.28. The summed E-state index contributed by atoms with van der Waals surface area (Å²) in [6, 6.07) is 0. The number of hydrogen-bond acceptors (Lipinski definition) is 1. The molecule has 1 saturated heterocycles. The molecule has 0 aromatic carbocycles. The van der Waals surface area contributed by atoms with Gasteiger partial charge in [-0.1, -0.05) is 52.9 Å². The van der Waals surface area contributed by atoms with E-state index in [9.17, 15) is 4.39 Å². The molecule has 0 saturated carbocycles. The number of rotatable bonds is 7. The molecule has 1 aliphatic heterocycles. The SMILES string of the molecule is CCCCCCCC(C)(C)C1CCN(C)CC1F. The highest BCUT2D eigenvalue weighted by molar-refractivity contribution is 4.88. The van der Waals surface area contributed by atoms with Crippen LogP contribution in [0, 0.1) is 11.3 Å². The van der Waals surface area contributed by atoms with Crippen molar-refractivity contribution in [3.63, 3.8) is 0 Å². The van der Waals surface area contributed by atoms with Gasteiger partial charge in [0.25, 0.3) is 0 Å². The Hall–Kier alpha value is -0.110. The molecular weight excluding hydrogens is 225 g/mol. The summed E-state index contributed by atoms with van der Waals surface area (Å²) in [7, 11) is 2.03. The van der Waals surface area contributed by atoms with Gasteiger partial charge in [0.15, 0.2) is 0 Å². The zero-order chi connectivity index (χ0) is 13.6. The molecule has 1 rings (SSSR count). The molecule has 0 bridgehead atoms. The van der Waals surface area contributed by atoms with Gasteiger partial charge < -0.3 is 4.90 Å². The summed E-state index contributed by atoms with van der Waals surface area (Å²) < 4.78 is 14.2. The minimum absolute atomic E-state index is 0.174. The molecule has 0 spiro atoms. The molecule has 1 aliphatic rings. The van der Waals surface area contributed by atoms with Crippen molar-refractivity contribution in [2.24, 2.45) is 11.3 Å². The van der Waals surface area contributed by atoms with Gasteiger partial charge in [-0.3, -0.25) is 0 Å². The van der Waals surface area contributed by atoms with Crippen molar-refractivity contribution in [1.82, 2.24) is 4.90 Å². The molecule has 1 fully saturated rings. The zero-order valence-electron chi connectivity index (χ0n) is 12.8. The number of likely N-dealkylation sites (tertiary alicyclic amines) is 1. The number of halogens is 1.